The minimum Gasteiger partial charge on any atom is -0.387 e. The molecule has 86 valence electrons. The SMILES string of the molecule is C[C@](O)(Cc1ccccc1)[C@@]12CCC[C@@H]1O2. The van der Waals surface area contributed by atoms with Crippen molar-refractivity contribution in [2.75, 3.05) is 0 Å². The van der Waals surface area contributed by atoms with E-state index in [4.69, 9.17) is 4.74 Å². The Labute approximate surface area is 96.2 Å². The van der Waals surface area contributed by atoms with Crippen molar-refractivity contribution in [1.29, 1.82) is 0 Å². The third-order valence-corrected chi connectivity index (χ3v) is 4.13. The molecule has 2 heteroatoms. The van der Waals surface area contributed by atoms with Gasteiger partial charge in [-0.05, 0) is 31.7 Å². The molecular weight excluding hydrogens is 200 g/mol. The first-order chi connectivity index (χ1) is 7.64. The van der Waals surface area contributed by atoms with Crippen LogP contribution in [0.15, 0.2) is 30.3 Å². The number of aliphatic hydroxyl groups is 1. The van der Waals surface area contributed by atoms with Crippen LogP contribution in [-0.4, -0.2) is 22.4 Å². The van der Waals surface area contributed by atoms with Crippen LogP contribution in [0.25, 0.3) is 0 Å². The van der Waals surface area contributed by atoms with Gasteiger partial charge in [0.15, 0.2) is 0 Å². The fourth-order valence-corrected chi connectivity index (χ4v) is 3.17. The molecule has 16 heavy (non-hydrogen) atoms. The summed E-state index contributed by atoms with van der Waals surface area (Å²) < 4.78 is 5.73. The van der Waals surface area contributed by atoms with Crippen LogP contribution in [-0.2, 0) is 11.2 Å². The quantitative estimate of drug-likeness (QED) is 0.790. The highest BCUT2D eigenvalue weighted by molar-refractivity contribution is 5.24. The third-order valence-electron chi connectivity index (χ3n) is 4.13. The molecule has 1 heterocycles. The molecule has 3 rings (SSSR count). The standard InChI is InChI=1S/C14H18O2/c1-13(15,10-11-6-3-2-4-7-11)14-9-5-8-12(14)16-14/h2-4,6-7,12,15H,5,8-10H2,1H3/t12-,13-,14+/m0/s1. The summed E-state index contributed by atoms with van der Waals surface area (Å²) in [7, 11) is 0. The van der Waals surface area contributed by atoms with Crippen molar-refractivity contribution in [2.24, 2.45) is 0 Å². The molecule has 3 atom stereocenters. The molecule has 0 radical (unpaired) electrons. The van der Waals surface area contributed by atoms with E-state index in [-0.39, 0.29) is 5.60 Å². The molecule has 0 aromatic heterocycles. The molecule has 1 aromatic carbocycles. The van der Waals surface area contributed by atoms with Crippen molar-refractivity contribution >= 4 is 0 Å². The predicted octanol–water partition coefficient (Wildman–Crippen LogP) is 2.30. The first-order valence-corrected chi connectivity index (χ1v) is 6.08. The number of rotatable bonds is 3. The van der Waals surface area contributed by atoms with Gasteiger partial charge in [0.25, 0.3) is 0 Å². The van der Waals surface area contributed by atoms with Crippen molar-refractivity contribution in [3.05, 3.63) is 35.9 Å². The van der Waals surface area contributed by atoms with Gasteiger partial charge in [-0.1, -0.05) is 30.3 Å². The molecule has 1 aliphatic heterocycles. The van der Waals surface area contributed by atoms with Crippen LogP contribution in [0, 0.1) is 0 Å². The van der Waals surface area contributed by atoms with Gasteiger partial charge in [-0.3, -0.25) is 0 Å². The lowest BCUT2D eigenvalue weighted by Crippen LogP contribution is -2.44. The monoisotopic (exact) mass is 218 g/mol. The van der Waals surface area contributed by atoms with Gasteiger partial charge in [-0.2, -0.15) is 0 Å². The summed E-state index contributed by atoms with van der Waals surface area (Å²) in [5, 5.41) is 10.6. The zero-order valence-electron chi connectivity index (χ0n) is 9.65. The lowest BCUT2D eigenvalue weighted by Gasteiger charge is -2.29. The van der Waals surface area contributed by atoms with Gasteiger partial charge in [0.05, 0.1) is 11.7 Å². The van der Waals surface area contributed by atoms with Crippen LogP contribution >= 0.6 is 0 Å². The Kier molecular flexibility index (Phi) is 2.13. The molecule has 1 aromatic rings. The van der Waals surface area contributed by atoms with Crippen LogP contribution in [0.1, 0.15) is 31.7 Å². The second kappa shape index (κ2) is 3.31. The van der Waals surface area contributed by atoms with Gasteiger partial charge in [-0.15, -0.1) is 0 Å². The van der Waals surface area contributed by atoms with Crippen molar-refractivity contribution in [2.45, 2.75) is 49.9 Å². The maximum Gasteiger partial charge on any atom is 0.123 e. The predicted molar refractivity (Wildman–Crippen MR) is 62.2 cm³/mol. The van der Waals surface area contributed by atoms with E-state index in [1.54, 1.807) is 0 Å². The van der Waals surface area contributed by atoms with E-state index in [2.05, 4.69) is 12.1 Å². The van der Waals surface area contributed by atoms with Crippen molar-refractivity contribution < 1.29 is 9.84 Å². The number of hydrogen-bond donors (Lipinski definition) is 1. The van der Waals surface area contributed by atoms with Crippen molar-refractivity contribution in [1.82, 2.24) is 0 Å². The molecule has 2 fully saturated rings. The van der Waals surface area contributed by atoms with E-state index < -0.39 is 5.60 Å². The average molecular weight is 218 g/mol. The maximum atomic E-state index is 10.6. The Bertz CT molecular complexity index is 385. The zero-order valence-corrected chi connectivity index (χ0v) is 9.65. The van der Waals surface area contributed by atoms with E-state index in [1.165, 1.54) is 12.0 Å². The highest BCUT2D eigenvalue weighted by Crippen LogP contribution is 2.56. The second-order valence-electron chi connectivity index (χ2n) is 5.32. The number of benzene rings is 1. The topological polar surface area (TPSA) is 32.8 Å². The summed E-state index contributed by atoms with van der Waals surface area (Å²) in [4.78, 5) is 0. The van der Waals surface area contributed by atoms with Gasteiger partial charge in [0, 0.05) is 6.42 Å². The Hall–Kier alpha value is -0.860. The van der Waals surface area contributed by atoms with Crippen LogP contribution in [0.2, 0.25) is 0 Å². The minimum atomic E-state index is -0.727. The van der Waals surface area contributed by atoms with Gasteiger partial charge in [-0.25, -0.2) is 0 Å². The van der Waals surface area contributed by atoms with E-state index in [0.717, 1.165) is 12.8 Å². The lowest BCUT2D eigenvalue weighted by atomic mass is 9.82. The fourth-order valence-electron chi connectivity index (χ4n) is 3.17. The number of ether oxygens (including phenoxy) is 1. The highest BCUT2D eigenvalue weighted by Gasteiger charge is 2.68. The molecule has 1 saturated carbocycles. The first kappa shape index (κ1) is 10.3. The normalized spacial score (nSPS) is 35.5. The van der Waals surface area contributed by atoms with Gasteiger partial charge >= 0.3 is 0 Å². The highest BCUT2D eigenvalue weighted by atomic mass is 16.6. The molecule has 2 nitrogen and oxygen atoms in total. The van der Waals surface area contributed by atoms with Crippen LogP contribution in [0.5, 0.6) is 0 Å². The first-order valence-electron chi connectivity index (χ1n) is 6.08. The molecule has 1 N–H and O–H groups in total. The van der Waals surface area contributed by atoms with E-state index in [1.807, 2.05) is 25.1 Å². The fraction of sp³-hybridized carbons (Fsp3) is 0.571. The Morgan fingerprint density at radius 2 is 2.19 bits per heavy atom. The summed E-state index contributed by atoms with van der Waals surface area (Å²) in [6.45, 7) is 1.92. The molecular formula is C14H18O2. The minimum absolute atomic E-state index is 0.233. The number of epoxide rings is 1. The zero-order chi connectivity index (χ0) is 11.2. The van der Waals surface area contributed by atoms with Gasteiger partial charge in [0.1, 0.15) is 5.60 Å². The van der Waals surface area contributed by atoms with Crippen LogP contribution < -0.4 is 0 Å². The number of hydrogen-bond acceptors (Lipinski definition) is 2. The lowest BCUT2D eigenvalue weighted by molar-refractivity contribution is -0.0251. The Morgan fingerprint density at radius 1 is 1.44 bits per heavy atom. The Morgan fingerprint density at radius 3 is 2.75 bits per heavy atom. The average Bonchev–Trinajstić information content (AvgIpc) is 2.84. The van der Waals surface area contributed by atoms with Gasteiger partial charge < -0.3 is 9.84 Å². The number of fused-ring (bicyclic) bond motifs is 1. The van der Waals surface area contributed by atoms with Crippen LogP contribution in [0.4, 0.5) is 0 Å². The van der Waals surface area contributed by atoms with E-state index in [0.29, 0.717) is 12.5 Å². The molecule has 0 unspecified atom stereocenters. The molecule has 0 spiro atoms. The molecule has 1 aliphatic carbocycles. The largest absolute Gasteiger partial charge is 0.387 e. The smallest absolute Gasteiger partial charge is 0.123 e. The van der Waals surface area contributed by atoms with E-state index >= 15 is 0 Å². The van der Waals surface area contributed by atoms with Gasteiger partial charge in [0.2, 0.25) is 0 Å². The van der Waals surface area contributed by atoms with E-state index in [9.17, 15) is 5.11 Å². The summed E-state index contributed by atoms with van der Waals surface area (Å²) >= 11 is 0. The summed E-state index contributed by atoms with van der Waals surface area (Å²) in [6.07, 6.45) is 4.31. The van der Waals surface area contributed by atoms with Crippen molar-refractivity contribution in [3.8, 4) is 0 Å². The summed E-state index contributed by atoms with van der Waals surface area (Å²) in [5.74, 6) is 0. The van der Waals surface area contributed by atoms with Crippen molar-refractivity contribution in [3.63, 3.8) is 0 Å². The Balaban J connectivity index is 1.79. The summed E-state index contributed by atoms with van der Waals surface area (Å²) in [6, 6.07) is 10.2. The van der Waals surface area contributed by atoms with Crippen LogP contribution in [0.3, 0.4) is 0 Å². The molecule has 2 aliphatic rings. The third kappa shape index (κ3) is 1.40. The summed E-state index contributed by atoms with van der Waals surface area (Å²) in [5.41, 5.74) is 0.223. The molecule has 1 saturated heterocycles. The maximum absolute atomic E-state index is 10.6. The second-order valence-corrected chi connectivity index (χ2v) is 5.32. The molecule has 0 bridgehead atoms. The molecule has 0 amide bonds.